The largest absolute Gasteiger partial charge is 0.352 e. The third-order valence-electron chi connectivity index (χ3n) is 3.10. The van der Waals surface area contributed by atoms with Crippen LogP contribution in [-0.4, -0.2) is 17.4 Å². The summed E-state index contributed by atoms with van der Waals surface area (Å²) in [4.78, 5) is 26.6. The topological polar surface area (TPSA) is 62.0 Å². The van der Waals surface area contributed by atoms with Crippen molar-refractivity contribution >= 4 is 5.91 Å². The summed E-state index contributed by atoms with van der Waals surface area (Å²) in [6, 6.07) is 1.69. The summed E-state index contributed by atoms with van der Waals surface area (Å²) >= 11 is 0. The molecular formula is C15H24N2O2. The maximum atomic E-state index is 11.9. The van der Waals surface area contributed by atoms with Gasteiger partial charge >= 0.3 is 0 Å². The Morgan fingerprint density at radius 2 is 2.11 bits per heavy atom. The van der Waals surface area contributed by atoms with Crippen LogP contribution < -0.4 is 10.9 Å². The molecule has 1 heterocycles. The molecule has 0 fully saturated rings. The standard InChI is InChI=1S/C15H24N2O2/c1-5-6-13-11(4)9-12(15(19)17-13)14(18)16-8-7-10(2)3/h9-10H,5-8H2,1-4H3,(H,16,18)(H,17,19). The Hall–Kier alpha value is -1.58. The average molecular weight is 264 g/mol. The first kappa shape index (κ1) is 15.5. The molecule has 0 aliphatic heterocycles. The molecule has 0 spiro atoms. The molecular weight excluding hydrogens is 240 g/mol. The smallest absolute Gasteiger partial charge is 0.261 e. The molecule has 1 amide bonds. The SMILES string of the molecule is CCCc1[nH]c(=O)c(C(=O)NCCC(C)C)cc1C. The quantitative estimate of drug-likeness (QED) is 0.829. The number of pyridine rings is 1. The molecule has 2 N–H and O–H groups in total. The van der Waals surface area contributed by atoms with Gasteiger partial charge in [-0.05, 0) is 37.3 Å². The first-order valence-electron chi connectivity index (χ1n) is 6.96. The lowest BCUT2D eigenvalue weighted by molar-refractivity contribution is 0.0950. The van der Waals surface area contributed by atoms with Crippen LogP contribution in [0.4, 0.5) is 0 Å². The van der Waals surface area contributed by atoms with E-state index in [1.165, 1.54) is 0 Å². The minimum absolute atomic E-state index is 0.209. The van der Waals surface area contributed by atoms with Gasteiger partial charge in [-0.15, -0.1) is 0 Å². The van der Waals surface area contributed by atoms with Crippen LogP contribution >= 0.6 is 0 Å². The van der Waals surface area contributed by atoms with Crippen molar-refractivity contribution < 1.29 is 4.79 Å². The molecule has 0 radical (unpaired) electrons. The summed E-state index contributed by atoms with van der Waals surface area (Å²) in [7, 11) is 0. The zero-order chi connectivity index (χ0) is 14.4. The van der Waals surface area contributed by atoms with Crippen LogP contribution in [0.2, 0.25) is 0 Å². The maximum Gasteiger partial charge on any atom is 0.261 e. The van der Waals surface area contributed by atoms with Crippen LogP contribution in [0.3, 0.4) is 0 Å². The van der Waals surface area contributed by atoms with E-state index in [-0.39, 0.29) is 17.0 Å². The molecule has 4 nitrogen and oxygen atoms in total. The van der Waals surface area contributed by atoms with E-state index in [0.29, 0.717) is 12.5 Å². The van der Waals surface area contributed by atoms with Gasteiger partial charge in [0.1, 0.15) is 5.56 Å². The summed E-state index contributed by atoms with van der Waals surface area (Å²) < 4.78 is 0. The number of aromatic nitrogens is 1. The Bertz CT molecular complexity index is 489. The van der Waals surface area contributed by atoms with Crippen LogP contribution in [0.25, 0.3) is 0 Å². The fraction of sp³-hybridized carbons (Fsp3) is 0.600. The van der Waals surface area contributed by atoms with Gasteiger partial charge in [0.05, 0.1) is 0 Å². The van der Waals surface area contributed by atoms with E-state index in [1.807, 2.05) is 6.92 Å². The number of hydrogen-bond donors (Lipinski definition) is 2. The van der Waals surface area contributed by atoms with E-state index < -0.39 is 0 Å². The third kappa shape index (κ3) is 4.54. The molecule has 1 aromatic rings. The summed E-state index contributed by atoms with van der Waals surface area (Å²) in [5, 5.41) is 2.79. The molecule has 19 heavy (non-hydrogen) atoms. The Morgan fingerprint density at radius 1 is 1.42 bits per heavy atom. The number of amides is 1. The average Bonchev–Trinajstić information content (AvgIpc) is 2.33. The van der Waals surface area contributed by atoms with Gasteiger partial charge in [0.15, 0.2) is 0 Å². The van der Waals surface area contributed by atoms with Crippen LogP contribution in [0.1, 0.15) is 55.2 Å². The molecule has 0 unspecified atom stereocenters. The zero-order valence-corrected chi connectivity index (χ0v) is 12.3. The summed E-state index contributed by atoms with van der Waals surface area (Å²) in [5.74, 6) is 0.250. The highest BCUT2D eigenvalue weighted by Crippen LogP contribution is 2.07. The molecule has 1 aromatic heterocycles. The number of carbonyl (C=O) groups is 1. The van der Waals surface area contributed by atoms with Gasteiger partial charge in [-0.25, -0.2) is 0 Å². The Balaban J connectivity index is 2.81. The van der Waals surface area contributed by atoms with Crippen molar-refractivity contribution in [1.29, 1.82) is 0 Å². The fourth-order valence-electron chi connectivity index (χ4n) is 1.92. The van der Waals surface area contributed by atoms with Crippen molar-refractivity contribution in [3.05, 3.63) is 33.2 Å². The van der Waals surface area contributed by atoms with Crippen molar-refractivity contribution in [2.75, 3.05) is 6.54 Å². The molecule has 0 saturated heterocycles. The van der Waals surface area contributed by atoms with Crippen molar-refractivity contribution in [2.24, 2.45) is 5.92 Å². The lowest BCUT2D eigenvalue weighted by Gasteiger charge is -2.09. The first-order chi connectivity index (χ1) is 8.95. The van der Waals surface area contributed by atoms with Crippen molar-refractivity contribution in [3.63, 3.8) is 0 Å². The Kier molecular flexibility index (Phi) is 5.80. The van der Waals surface area contributed by atoms with Gasteiger partial charge in [0.25, 0.3) is 11.5 Å². The second-order valence-corrected chi connectivity index (χ2v) is 5.36. The van der Waals surface area contributed by atoms with Gasteiger partial charge in [-0.3, -0.25) is 9.59 Å². The maximum absolute atomic E-state index is 11.9. The summed E-state index contributed by atoms with van der Waals surface area (Å²) in [6.07, 6.45) is 2.71. The number of nitrogens with one attached hydrogen (secondary N) is 2. The highest BCUT2D eigenvalue weighted by atomic mass is 16.2. The van der Waals surface area contributed by atoms with Crippen LogP contribution in [0.15, 0.2) is 10.9 Å². The molecule has 0 bridgehead atoms. The minimum atomic E-state index is -0.295. The first-order valence-corrected chi connectivity index (χ1v) is 6.96. The molecule has 0 atom stereocenters. The van der Waals surface area contributed by atoms with Crippen LogP contribution in [-0.2, 0) is 6.42 Å². The molecule has 0 aliphatic rings. The van der Waals surface area contributed by atoms with Gasteiger partial charge in [0, 0.05) is 12.2 Å². The van der Waals surface area contributed by atoms with Crippen LogP contribution in [0, 0.1) is 12.8 Å². The normalized spacial score (nSPS) is 10.8. The second kappa shape index (κ2) is 7.12. The monoisotopic (exact) mass is 264 g/mol. The van der Waals surface area contributed by atoms with Crippen LogP contribution in [0.5, 0.6) is 0 Å². The molecule has 0 saturated carbocycles. The number of H-pyrrole nitrogens is 1. The second-order valence-electron chi connectivity index (χ2n) is 5.36. The number of rotatable bonds is 6. The Labute approximate surface area is 114 Å². The Morgan fingerprint density at radius 3 is 2.68 bits per heavy atom. The number of aryl methyl sites for hydroxylation is 2. The molecule has 0 aliphatic carbocycles. The highest BCUT2D eigenvalue weighted by molar-refractivity contribution is 5.93. The van der Waals surface area contributed by atoms with E-state index in [4.69, 9.17) is 0 Å². The van der Waals surface area contributed by atoms with Gasteiger partial charge < -0.3 is 10.3 Å². The zero-order valence-electron chi connectivity index (χ0n) is 12.3. The predicted octanol–water partition coefficient (Wildman–Crippen LogP) is 2.41. The molecule has 1 rings (SSSR count). The molecule has 0 aromatic carbocycles. The van der Waals surface area contributed by atoms with Crippen molar-refractivity contribution in [1.82, 2.24) is 10.3 Å². The predicted molar refractivity (Wildman–Crippen MR) is 77.6 cm³/mol. The highest BCUT2D eigenvalue weighted by Gasteiger charge is 2.12. The van der Waals surface area contributed by atoms with Gasteiger partial charge in [-0.2, -0.15) is 0 Å². The lowest BCUT2D eigenvalue weighted by atomic mass is 10.1. The third-order valence-corrected chi connectivity index (χ3v) is 3.10. The molecule has 4 heteroatoms. The lowest BCUT2D eigenvalue weighted by Crippen LogP contribution is -2.31. The summed E-state index contributed by atoms with van der Waals surface area (Å²) in [6.45, 7) is 8.78. The van der Waals surface area contributed by atoms with E-state index in [2.05, 4.69) is 31.1 Å². The molecule has 106 valence electrons. The van der Waals surface area contributed by atoms with Crippen molar-refractivity contribution in [2.45, 2.75) is 47.0 Å². The number of carbonyl (C=O) groups excluding carboxylic acids is 1. The summed E-state index contributed by atoms with van der Waals surface area (Å²) in [5.41, 5.74) is 1.80. The van der Waals surface area contributed by atoms with Gasteiger partial charge in [0.2, 0.25) is 0 Å². The van der Waals surface area contributed by atoms with Crippen molar-refractivity contribution in [3.8, 4) is 0 Å². The number of hydrogen-bond acceptors (Lipinski definition) is 2. The van der Waals surface area contributed by atoms with Gasteiger partial charge in [-0.1, -0.05) is 27.2 Å². The number of aromatic amines is 1. The van der Waals surface area contributed by atoms with E-state index >= 15 is 0 Å². The fourth-order valence-corrected chi connectivity index (χ4v) is 1.92. The van der Waals surface area contributed by atoms with E-state index in [9.17, 15) is 9.59 Å². The van der Waals surface area contributed by atoms with E-state index in [1.54, 1.807) is 6.07 Å². The van der Waals surface area contributed by atoms with E-state index in [0.717, 1.165) is 30.5 Å². The minimum Gasteiger partial charge on any atom is -0.352 e.